The Bertz CT molecular complexity index is 822. The van der Waals surface area contributed by atoms with Crippen LogP contribution in [0.2, 0.25) is 0 Å². The molecule has 1 aromatic carbocycles. The minimum atomic E-state index is -3.24. The van der Waals surface area contributed by atoms with Gasteiger partial charge < -0.3 is 5.32 Å². The fourth-order valence-electron chi connectivity index (χ4n) is 2.70. The number of carbonyl (C=O) groups excluding carboxylic acids is 1. The van der Waals surface area contributed by atoms with Gasteiger partial charge >= 0.3 is 0 Å². The summed E-state index contributed by atoms with van der Waals surface area (Å²) in [6.45, 7) is 0.963. The first kappa shape index (κ1) is 16.4. The number of rotatable bonds is 5. The highest BCUT2D eigenvalue weighted by molar-refractivity contribution is 7.93. The lowest BCUT2D eigenvalue weighted by atomic mass is 10.1. The van der Waals surface area contributed by atoms with E-state index >= 15 is 0 Å². The lowest BCUT2D eigenvalue weighted by Crippen LogP contribution is -2.27. The van der Waals surface area contributed by atoms with Gasteiger partial charge in [-0.15, -0.1) is 0 Å². The van der Waals surface area contributed by atoms with E-state index in [-0.39, 0.29) is 11.7 Å². The van der Waals surface area contributed by atoms with Crippen molar-refractivity contribution in [2.75, 3.05) is 23.1 Å². The number of amides is 1. The van der Waals surface area contributed by atoms with Gasteiger partial charge in [0.05, 0.1) is 11.4 Å². The van der Waals surface area contributed by atoms with Gasteiger partial charge in [0.15, 0.2) is 0 Å². The van der Waals surface area contributed by atoms with E-state index in [0.29, 0.717) is 37.2 Å². The molecule has 0 spiro atoms. The number of aromatic nitrogens is 1. The summed E-state index contributed by atoms with van der Waals surface area (Å²) in [4.78, 5) is 16.3. The van der Waals surface area contributed by atoms with Gasteiger partial charge in [-0.2, -0.15) is 0 Å². The molecule has 0 radical (unpaired) electrons. The van der Waals surface area contributed by atoms with Gasteiger partial charge in [-0.05, 0) is 42.7 Å². The van der Waals surface area contributed by atoms with Crippen molar-refractivity contribution in [3.05, 3.63) is 59.9 Å². The van der Waals surface area contributed by atoms with E-state index in [1.807, 2.05) is 12.1 Å². The second-order valence-electron chi connectivity index (χ2n) is 5.66. The molecule has 1 amide bonds. The molecule has 1 N–H and O–H groups in total. The fourth-order valence-corrected chi connectivity index (χ4v) is 4.26. The van der Waals surface area contributed by atoms with Crippen LogP contribution in [0.3, 0.4) is 0 Å². The third-order valence-corrected chi connectivity index (χ3v) is 5.79. The molecule has 0 aliphatic carbocycles. The largest absolute Gasteiger partial charge is 0.352 e. The second kappa shape index (κ2) is 7.00. The summed E-state index contributed by atoms with van der Waals surface area (Å²) in [5.41, 5.74) is 2.06. The summed E-state index contributed by atoms with van der Waals surface area (Å²) >= 11 is 0. The molecule has 0 saturated carbocycles. The minimum Gasteiger partial charge on any atom is -0.352 e. The highest BCUT2D eigenvalue weighted by atomic mass is 32.2. The standard InChI is InChI=1S/C17H19N3O3S/c21-17(19-9-7-14-4-2-8-18-13-14)15-5-1-6-16(12-15)20-10-3-11-24(20,22)23/h1-2,4-6,8,12-13H,3,7,9-11H2,(H,19,21). The highest BCUT2D eigenvalue weighted by Crippen LogP contribution is 2.24. The van der Waals surface area contributed by atoms with Crippen molar-refractivity contribution < 1.29 is 13.2 Å². The van der Waals surface area contributed by atoms with E-state index in [2.05, 4.69) is 10.3 Å². The molecule has 0 bridgehead atoms. The summed E-state index contributed by atoms with van der Waals surface area (Å²) in [6, 6.07) is 10.6. The average Bonchev–Trinajstić information content (AvgIpc) is 2.95. The second-order valence-corrected chi connectivity index (χ2v) is 7.67. The van der Waals surface area contributed by atoms with Crippen LogP contribution in [-0.4, -0.2) is 38.2 Å². The van der Waals surface area contributed by atoms with Crippen molar-refractivity contribution in [3.63, 3.8) is 0 Å². The number of carbonyl (C=O) groups is 1. The molecule has 1 fully saturated rings. The third kappa shape index (κ3) is 3.73. The molecule has 126 valence electrons. The zero-order valence-corrected chi connectivity index (χ0v) is 14.0. The SMILES string of the molecule is O=C(NCCc1cccnc1)c1cccc(N2CCCS2(=O)=O)c1. The number of nitrogens with zero attached hydrogens (tertiary/aromatic N) is 2. The number of pyridine rings is 1. The molecular weight excluding hydrogens is 326 g/mol. The maximum absolute atomic E-state index is 12.3. The zero-order valence-electron chi connectivity index (χ0n) is 13.2. The zero-order chi connectivity index (χ0) is 17.0. The number of sulfonamides is 1. The highest BCUT2D eigenvalue weighted by Gasteiger charge is 2.28. The van der Waals surface area contributed by atoms with Crippen molar-refractivity contribution in [2.24, 2.45) is 0 Å². The van der Waals surface area contributed by atoms with Crippen LogP contribution in [0.1, 0.15) is 22.3 Å². The van der Waals surface area contributed by atoms with Crippen LogP contribution >= 0.6 is 0 Å². The quantitative estimate of drug-likeness (QED) is 0.892. The number of benzene rings is 1. The Morgan fingerprint density at radius 2 is 2.12 bits per heavy atom. The number of hydrogen-bond donors (Lipinski definition) is 1. The fraction of sp³-hybridized carbons (Fsp3) is 0.294. The molecule has 3 rings (SSSR count). The normalized spacial score (nSPS) is 16.1. The summed E-state index contributed by atoms with van der Waals surface area (Å²) in [5.74, 6) is -0.0496. The van der Waals surface area contributed by atoms with Gasteiger partial charge in [0.1, 0.15) is 0 Å². The number of nitrogens with one attached hydrogen (secondary N) is 1. The average molecular weight is 345 g/mol. The lowest BCUT2D eigenvalue weighted by Gasteiger charge is -2.17. The van der Waals surface area contributed by atoms with Crippen molar-refractivity contribution in [2.45, 2.75) is 12.8 Å². The van der Waals surface area contributed by atoms with Gasteiger partial charge in [0.25, 0.3) is 5.91 Å². The van der Waals surface area contributed by atoms with Crippen LogP contribution in [-0.2, 0) is 16.4 Å². The molecule has 2 aromatic rings. The maximum Gasteiger partial charge on any atom is 0.251 e. The Morgan fingerprint density at radius 3 is 2.83 bits per heavy atom. The van der Waals surface area contributed by atoms with E-state index in [9.17, 15) is 13.2 Å². The first-order valence-corrected chi connectivity index (χ1v) is 9.45. The van der Waals surface area contributed by atoms with Gasteiger partial charge in [0.2, 0.25) is 10.0 Å². The van der Waals surface area contributed by atoms with E-state index in [0.717, 1.165) is 5.56 Å². The summed E-state index contributed by atoms with van der Waals surface area (Å²) < 4.78 is 25.4. The topological polar surface area (TPSA) is 79.4 Å². The van der Waals surface area contributed by atoms with Crippen LogP contribution < -0.4 is 9.62 Å². The molecule has 7 heteroatoms. The van der Waals surface area contributed by atoms with Gasteiger partial charge in [-0.3, -0.25) is 14.1 Å². The van der Waals surface area contributed by atoms with Crippen LogP contribution in [0.5, 0.6) is 0 Å². The van der Waals surface area contributed by atoms with Crippen molar-refractivity contribution in [3.8, 4) is 0 Å². The summed E-state index contributed by atoms with van der Waals surface area (Å²) in [5, 5.41) is 2.85. The molecule has 1 aromatic heterocycles. The molecule has 0 atom stereocenters. The third-order valence-electron chi connectivity index (χ3n) is 3.92. The predicted octanol–water partition coefficient (Wildman–Crippen LogP) is 1.59. The van der Waals surface area contributed by atoms with Gasteiger partial charge in [-0.25, -0.2) is 8.42 Å². The maximum atomic E-state index is 12.3. The Kier molecular flexibility index (Phi) is 4.80. The van der Waals surface area contributed by atoms with Crippen molar-refractivity contribution in [1.29, 1.82) is 0 Å². The van der Waals surface area contributed by atoms with Crippen LogP contribution in [0.4, 0.5) is 5.69 Å². The van der Waals surface area contributed by atoms with E-state index in [4.69, 9.17) is 0 Å². The number of anilines is 1. The Hall–Kier alpha value is -2.41. The van der Waals surface area contributed by atoms with Crippen molar-refractivity contribution in [1.82, 2.24) is 10.3 Å². The van der Waals surface area contributed by atoms with Gasteiger partial charge in [0, 0.05) is 31.0 Å². The Labute approximate surface area is 141 Å². The summed E-state index contributed by atoms with van der Waals surface area (Å²) in [7, 11) is -3.24. The molecule has 2 heterocycles. The molecule has 0 unspecified atom stereocenters. The van der Waals surface area contributed by atoms with Crippen LogP contribution in [0.15, 0.2) is 48.8 Å². The molecule has 1 aliphatic rings. The predicted molar refractivity (Wildman–Crippen MR) is 92.5 cm³/mol. The first-order valence-electron chi connectivity index (χ1n) is 7.84. The molecule has 1 saturated heterocycles. The Balaban J connectivity index is 1.64. The van der Waals surface area contributed by atoms with E-state index < -0.39 is 10.0 Å². The first-order chi connectivity index (χ1) is 11.6. The minimum absolute atomic E-state index is 0.161. The Morgan fingerprint density at radius 1 is 1.25 bits per heavy atom. The van der Waals surface area contributed by atoms with Crippen LogP contribution in [0, 0.1) is 0 Å². The lowest BCUT2D eigenvalue weighted by molar-refractivity contribution is 0.0954. The molecule has 24 heavy (non-hydrogen) atoms. The number of hydrogen-bond acceptors (Lipinski definition) is 4. The van der Waals surface area contributed by atoms with Gasteiger partial charge in [-0.1, -0.05) is 12.1 Å². The monoisotopic (exact) mass is 345 g/mol. The molecule has 6 nitrogen and oxygen atoms in total. The van der Waals surface area contributed by atoms with E-state index in [1.165, 1.54) is 4.31 Å². The molecule has 1 aliphatic heterocycles. The summed E-state index contributed by atoms with van der Waals surface area (Å²) in [6.07, 6.45) is 4.79. The molecular formula is C17H19N3O3S. The van der Waals surface area contributed by atoms with E-state index in [1.54, 1.807) is 36.7 Å². The van der Waals surface area contributed by atoms with Crippen molar-refractivity contribution >= 4 is 21.6 Å². The van der Waals surface area contributed by atoms with Crippen LogP contribution in [0.25, 0.3) is 0 Å². The smallest absolute Gasteiger partial charge is 0.251 e.